The molecule has 1 aromatic rings. The van der Waals surface area contributed by atoms with Crippen LogP contribution in [-0.4, -0.2) is 45.1 Å². The number of hydrogen-bond acceptors (Lipinski definition) is 5. The van der Waals surface area contributed by atoms with Gasteiger partial charge in [0.2, 0.25) is 0 Å². The van der Waals surface area contributed by atoms with E-state index in [0.717, 1.165) is 11.5 Å². The summed E-state index contributed by atoms with van der Waals surface area (Å²) in [7, 11) is 1.58. The van der Waals surface area contributed by atoms with Crippen LogP contribution in [-0.2, 0) is 4.79 Å². The van der Waals surface area contributed by atoms with E-state index in [1.807, 2.05) is 13.8 Å². The molecule has 0 atom stereocenters. The summed E-state index contributed by atoms with van der Waals surface area (Å²) in [5, 5.41) is 12.5. The average molecular weight is 257 g/mol. The van der Waals surface area contributed by atoms with Gasteiger partial charge in [0.05, 0.1) is 12.1 Å². The Labute approximate surface area is 103 Å². The molecular weight excluding hydrogens is 242 g/mol. The highest BCUT2D eigenvalue weighted by Crippen LogP contribution is 2.20. The zero-order chi connectivity index (χ0) is 13.0. The lowest BCUT2D eigenvalue weighted by Gasteiger charge is -2.15. The van der Waals surface area contributed by atoms with Crippen LogP contribution in [0.15, 0.2) is 0 Å². The summed E-state index contributed by atoms with van der Waals surface area (Å²) in [6.07, 6.45) is -0.0640. The van der Waals surface area contributed by atoms with Crippen LogP contribution >= 0.6 is 11.5 Å². The fourth-order valence-corrected chi connectivity index (χ4v) is 2.08. The number of carboxylic acid groups (broad SMARTS) is 1. The van der Waals surface area contributed by atoms with E-state index >= 15 is 0 Å². The van der Waals surface area contributed by atoms with Crippen LogP contribution in [0.4, 0.5) is 0 Å². The first kappa shape index (κ1) is 13.6. The summed E-state index contributed by atoms with van der Waals surface area (Å²) in [5.74, 6) is -1.01. The van der Waals surface area contributed by atoms with Crippen molar-refractivity contribution in [2.24, 2.45) is 0 Å². The predicted octanol–water partition coefficient (Wildman–Crippen LogP) is 1.21. The molecule has 7 heteroatoms. The second-order valence-corrected chi connectivity index (χ2v) is 4.77. The summed E-state index contributed by atoms with van der Waals surface area (Å²) >= 11 is 1.05. The molecule has 0 bridgehead atoms. The number of carbonyl (C=O) groups excluding carboxylic acids is 1. The van der Waals surface area contributed by atoms with Crippen LogP contribution in [0.1, 0.15) is 41.6 Å². The van der Waals surface area contributed by atoms with E-state index in [-0.39, 0.29) is 24.8 Å². The lowest BCUT2D eigenvalue weighted by Crippen LogP contribution is -2.29. The van der Waals surface area contributed by atoms with Crippen molar-refractivity contribution in [2.45, 2.75) is 26.2 Å². The molecule has 0 saturated heterocycles. The molecule has 94 valence electrons. The van der Waals surface area contributed by atoms with Crippen molar-refractivity contribution in [2.75, 3.05) is 13.6 Å². The maximum Gasteiger partial charge on any atom is 0.305 e. The minimum atomic E-state index is -0.920. The number of rotatable bonds is 5. The third-order valence-corrected chi connectivity index (χ3v) is 2.99. The Balaban J connectivity index is 2.74. The van der Waals surface area contributed by atoms with Crippen LogP contribution in [0.2, 0.25) is 0 Å². The first-order chi connectivity index (χ1) is 7.93. The third-order valence-electron chi connectivity index (χ3n) is 2.26. The SMILES string of the molecule is CC(C)c1nnsc1C(=O)N(C)CCC(=O)O. The van der Waals surface area contributed by atoms with Crippen LogP contribution in [0.5, 0.6) is 0 Å². The topological polar surface area (TPSA) is 83.4 Å². The third kappa shape index (κ3) is 3.48. The average Bonchev–Trinajstić information content (AvgIpc) is 2.73. The molecule has 0 aliphatic heterocycles. The second kappa shape index (κ2) is 5.72. The lowest BCUT2D eigenvalue weighted by molar-refractivity contribution is -0.137. The van der Waals surface area contributed by atoms with Crippen molar-refractivity contribution in [3.8, 4) is 0 Å². The van der Waals surface area contributed by atoms with Gasteiger partial charge in [-0.15, -0.1) is 5.10 Å². The summed E-state index contributed by atoms with van der Waals surface area (Å²) in [5.41, 5.74) is 0.669. The normalized spacial score (nSPS) is 10.6. The molecular formula is C10H15N3O3S. The first-order valence-electron chi connectivity index (χ1n) is 5.23. The molecule has 1 N–H and O–H groups in total. The van der Waals surface area contributed by atoms with E-state index in [2.05, 4.69) is 9.59 Å². The molecule has 0 unspecified atom stereocenters. The summed E-state index contributed by atoms with van der Waals surface area (Å²) < 4.78 is 3.77. The van der Waals surface area contributed by atoms with Gasteiger partial charge in [-0.1, -0.05) is 18.3 Å². The van der Waals surface area contributed by atoms with Gasteiger partial charge >= 0.3 is 5.97 Å². The molecule has 1 heterocycles. The highest BCUT2D eigenvalue weighted by molar-refractivity contribution is 7.08. The van der Waals surface area contributed by atoms with E-state index in [4.69, 9.17) is 5.11 Å². The molecule has 0 aliphatic carbocycles. The maximum atomic E-state index is 12.0. The van der Waals surface area contributed by atoms with Crippen LogP contribution < -0.4 is 0 Å². The zero-order valence-electron chi connectivity index (χ0n) is 10.0. The second-order valence-electron chi connectivity index (χ2n) is 4.01. The predicted molar refractivity (Wildman–Crippen MR) is 63.2 cm³/mol. The van der Waals surface area contributed by atoms with E-state index in [9.17, 15) is 9.59 Å². The summed E-state index contributed by atoms with van der Waals surface area (Å²) in [6.45, 7) is 4.05. The highest BCUT2D eigenvalue weighted by atomic mass is 32.1. The standard InChI is InChI=1S/C10H15N3O3S/c1-6(2)8-9(17-12-11-8)10(16)13(3)5-4-7(14)15/h6H,4-5H2,1-3H3,(H,14,15). The van der Waals surface area contributed by atoms with E-state index < -0.39 is 5.97 Å². The quantitative estimate of drug-likeness (QED) is 0.857. The van der Waals surface area contributed by atoms with Gasteiger partial charge in [0, 0.05) is 13.6 Å². The number of nitrogens with zero attached hydrogens (tertiary/aromatic N) is 3. The van der Waals surface area contributed by atoms with Gasteiger partial charge in [0.1, 0.15) is 4.88 Å². The largest absolute Gasteiger partial charge is 0.481 e. The first-order valence-corrected chi connectivity index (χ1v) is 6.00. The molecule has 17 heavy (non-hydrogen) atoms. The Bertz CT molecular complexity index is 417. The molecule has 0 spiro atoms. The minimum Gasteiger partial charge on any atom is -0.481 e. The van der Waals surface area contributed by atoms with E-state index in [1.54, 1.807) is 7.05 Å². The molecule has 0 saturated carbocycles. The van der Waals surface area contributed by atoms with Gasteiger partial charge in [0.25, 0.3) is 5.91 Å². The van der Waals surface area contributed by atoms with Crippen molar-refractivity contribution in [1.29, 1.82) is 0 Å². The molecule has 0 radical (unpaired) electrons. The molecule has 1 amide bonds. The van der Waals surface area contributed by atoms with Gasteiger partial charge in [-0.25, -0.2) is 0 Å². The molecule has 0 aromatic carbocycles. The van der Waals surface area contributed by atoms with Crippen molar-refractivity contribution < 1.29 is 14.7 Å². The molecule has 6 nitrogen and oxygen atoms in total. The molecule has 1 aromatic heterocycles. The highest BCUT2D eigenvalue weighted by Gasteiger charge is 2.21. The summed E-state index contributed by atoms with van der Waals surface area (Å²) in [6, 6.07) is 0. The molecule has 0 fully saturated rings. The number of carboxylic acids is 1. The van der Waals surface area contributed by atoms with Crippen LogP contribution in [0, 0.1) is 0 Å². The Morgan fingerprint density at radius 3 is 2.65 bits per heavy atom. The van der Waals surface area contributed by atoms with Gasteiger partial charge in [-0.05, 0) is 17.5 Å². The lowest BCUT2D eigenvalue weighted by atomic mass is 10.1. The molecule has 1 rings (SSSR count). The fraction of sp³-hybridized carbons (Fsp3) is 0.600. The van der Waals surface area contributed by atoms with Crippen molar-refractivity contribution in [3.05, 3.63) is 10.6 Å². The van der Waals surface area contributed by atoms with Crippen LogP contribution in [0.3, 0.4) is 0 Å². The van der Waals surface area contributed by atoms with Crippen molar-refractivity contribution in [3.63, 3.8) is 0 Å². The monoisotopic (exact) mass is 257 g/mol. The fourth-order valence-electron chi connectivity index (χ4n) is 1.26. The van der Waals surface area contributed by atoms with E-state index in [0.29, 0.717) is 10.6 Å². The zero-order valence-corrected chi connectivity index (χ0v) is 10.8. The smallest absolute Gasteiger partial charge is 0.305 e. The number of hydrogen-bond donors (Lipinski definition) is 1. The Morgan fingerprint density at radius 2 is 2.12 bits per heavy atom. The number of amides is 1. The Kier molecular flexibility index (Phi) is 4.56. The maximum absolute atomic E-state index is 12.0. The van der Waals surface area contributed by atoms with Crippen LogP contribution in [0.25, 0.3) is 0 Å². The van der Waals surface area contributed by atoms with Crippen molar-refractivity contribution in [1.82, 2.24) is 14.5 Å². The van der Waals surface area contributed by atoms with Crippen molar-refractivity contribution >= 4 is 23.4 Å². The summed E-state index contributed by atoms with van der Waals surface area (Å²) in [4.78, 5) is 24.3. The number of carbonyl (C=O) groups is 2. The minimum absolute atomic E-state index is 0.0640. The van der Waals surface area contributed by atoms with Gasteiger partial charge in [-0.3, -0.25) is 9.59 Å². The van der Waals surface area contributed by atoms with E-state index in [1.165, 1.54) is 4.90 Å². The number of aliphatic carboxylic acids is 1. The Hall–Kier alpha value is -1.50. The van der Waals surface area contributed by atoms with Gasteiger partial charge in [0.15, 0.2) is 0 Å². The molecule has 0 aliphatic rings. The van der Waals surface area contributed by atoms with Gasteiger partial charge in [-0.2, -0.15) is 0 Å². The Morgan fingerprint density at radius 1 is 1.47 bits per heavy atom. The van der Waals surface area contributed by atoms with Gasteiger partial charge < -0.3 is 10.0 Å². The number of aromatic nitrogens is 2.